The van der Waals surface area contributed by atoms with Crippen molar-refractivity contribution in [3.8, 4) is 11.5 Å². The molecule has 1 saturated heterocycles. The predicted octanol–water partition coefficient (Wildman–Crippen LogP) is 1.59. The minimum Gasteiger partial charge on any atom is -0.497 e. The van der Waals surface area contributed by atoms with Crippen molar-refractivity contribution in [1.29, 1.82) is 0 Å². The van der Waals surface area contributed by atoms with E-state index in [1.165, 1.54) is 14.2 Å². The van der Waals surface area contributed by atoms with Crippen LogP contribution >= 0.6 is 0 Å². The molecule has 118 valence electrons. The second-order valence-corrected chi connectivity index (χ2v) is 6.90. The molecular formula is C14H22N2O4S. The molecule has 6 nitrogen and oxygen atoms in total. The molecule has 0 aliphatic carbocycles. The van der Waals surface area contributed by atoms with Gasteiger partial charge in [0.05, 0.1) is 25.7 Å². The largest absolute Gasteiger partial charge is 0.497 e. The van der Waals surface area contributed by atoms with E-state index in [9.17, 15) is 8.42 Å². The van der Waals surface area contributed by atoms with Crippen molar-refractivity contribution < 1.29 is 17.9 Å². The van der Waals surface area contributed by atoms with Gasteiger partial charge in [0.15, 0.2) is 0 Å². The zero-order valence-electron chi connectivity index (χ0n) is 12.4. The standard InChI is InChI=1S/C14H22N2O4S/c1-19-13-7-12(8-14(9-13)20-2)16-21(17,18)10-11-5-3-4-6-15-11/h7-9,11,15-16H,3-6,10H2,1-2H3. The highest BCUT2D eigenvalue weighted by molar-refractivity contribution is 7.92. The van der Waals surface area contributed by atoms with Crippen LogP contribution in [-0.2, 0) is 10.0 Å². The Morgan fingerprint density at radius 3 is 2.38 bits per heavy atom. The number of hydrogen-bond acceptors (Lipinski definition) is 5. The number of piperidine rings is 1. The molecule has 2 N–H and O–H groups in total. The Hall–Kier alpha value is -1.47. The number of hydrogen-bond donors (Lipinski definition) is 2. The van der Waals surface area contributed by atoms with E-state index in [4.69, 9.17) is 9.47 Å². The van der Waals surface area contributed by atoms with Crippen molar-refractivity contribution in [3.05, 3.63) is 18.2 Å². The normalized spacial score (nSPS) is 19.0. The molecule has 0 radical (unpaired) electrons. The van der Waals surface area contributed by atoms with Crippen LogP contribution in [0.4, 0.5) is 5.69 Å². The second-order valence-electron chi connectivity index (χ2n) is 5.13. The van der Waals surface area contributed by atoms with Gasteiger partial charge in [-0.15, -0.1) is 0 Å². The van der Waals surface area contributed by atoms with Crippen LogP contribution in [0.2, 0.25) is 0 Å². The summed E-state index contributed by atoms with van der Waals surface area (Å²) < 4.78 is 37.3. The first-order valence-corrected chi connectivity index (χ1v) is 8.64. The van der Waals surface area contributed by atoms with Gasteiger partial charge in [-0.25, -0.2) is 8.42 Å². The van der Waals surface area contributed by atoms with E-state index in [1.807, 2.05) is 0 Å². The van der Waals surface area contributed by atoms with Crippen molar-refractivity contribution in [2.24, 2.45) is 0 Å². The van der Waals surface area contributed by atoms with Crippen molar-refractivity contribution in [2.75, 3.05) is 31.2 Å². The van der Waals surface area contributed by atoms with Gasteiger partial charge in [-0.05, 0) is 19.4 Å². The fourth-order valence-corrected chi connectivity index (χ4v) is 3.79. The number of sulfonamides is 1. The molecular weight excluding hydrogens is 292 g/mol. The average Bonchev–Trinajstić information content (AvgIpc) is 2.46. The van der Waals surface area contributed by atoms with E-state index in [0.717, 1.165) is 25.8 Å². The fourth-order valence-electron chi connectivity index (χ4n) is 2.42. The molecule has 1 aromatic rings. The van der Waals surface area contributed by atoms with Crippen LogP contribution in [0, 0.1) is 0 Å². The van der Waals surface area contributed by atoms with Gasteiger partial charge in [-0.2, -0.15) is 0 Å². The van der Waals surface area contributed by atoms with E-state index in [-0.39, 0.29) is 11.8 Å². The van der Waals surface area contributed by atoms with Gasteiger partial charge < -0.3 is 14.8 Å². The molecule has 7 heteroatoms. The van der Waals surface area contributed by atoms with E-state index < -0.39 is 10.0 Å². The zero-order chi connectivity index (χ0) is 15.3. The number of benzene rings is 1. The predicted molar refractivity (Wildman–Crippen MR) is 82.6 cm³/mol. The quantitative estimate of drug-likeness (QED) is 0.834. The Morgan fingerprint density at radius 1 is 1.19 bits per heavy atom. The molecule has 1 aliphatic rings. The Morgan fingerprint density at radius 2 is 1.86 bits per heavy atom. The van der Waals surface area contributed by atoms with E-state index >= 15 is 0 Å². The molecule has 21 heavy (non-hydrogen) atoms. The van der Waals surface area contributed by atoms with Gasteiger partial charge in [0.1, 0.15) is 11.5 Å². The van der Waals surface area contributed by atoms with Crippen LogP contribution in [0.3, 0.4) is 0 Å². The van der Waals surface area contributed by atoms with Gasteiger partial charge in [-0.3, -0.25) is 4.72 Å². The molecule has 2 rings (SSSR count). The van der Waals surface area contributed by atoms with Gasteiger partial charge in [0.25, 0.3) is 0 Å². The fraction of sp³-hybridized carbons (Fsp3) is 0.571. The molecule has 0 amide bonds. The average molecular weight is 314 g/mol. The molecule has 0 bridgehead atoms. The van der Waals surface area contributed by atoms with Crippen molar-refractivity contribution in [3.63, 3.8) is 0 Å². The summed E-state index contributed by atoms with van der Waals surface area (Å²) in [6, 6.07) is 4.98. The summed E-state index contributed by atoms with van der Waals surface area (Å²) in [4.78, 5) is 0. The number of rotatable bonds is 6. The van der Waals surface area contributed by atoms with Crippen molar-refractivity contribution in [1.82, 2.24) is 5.32 Å². The molecule has 0 aromatic heterocycles. The van der Waals surface area contributed by atoms with Crippen LogP contribution in [0.25, 0.3) is 0 Å². The summed E-state index contributed by atoms with van der Waals surface area (Å²) in [5.41, 5.74) is 0.446. The maximum atomic E-state index is 12.2. The van der Waals surface area contributed by atoms with Crippen LogP contribution < -0.4 is 19.5 Å². The molecule has 1 unspecified atom stereocenters. The van der Waals surface area contributed by atoms with Crippen LogP contribution in [-0.4, -0.2) is 41.0 Å². The Bertz CT molecular complexity index is 546. The first-order chi connectivity index (χ1) is 10.0. The molecule has 0 saturated carbocycles. The minimum atomic E-state index is -3.41. The molecule has 0 spiro atoms. The van der Waals surface area contributed by atoms with E-state index in [0.29, 0.717) is 17.2 Å². The summed E-state index contributed by atoms with van der Waals surface area (Å²) >= 11 is 0. The number of anilines is 1. The lowest BCUT2D eigenvalue weighted by molar-refractivity contribution is 0.395. The lowest BCUT2D eigenvalue weighted by Gasteiger charge is -2.23. The molecule has 1 atom stereocenters. The van der Waals surface area contributed by atoms with Crippen LogP contribution in [0.5, 0.6) is 11.5 Å². The SMILES string of the molecule is COc1cc(NS(=O)(=O)CC2CCCCN2)cc(OC)c1. The smallest absolute Gasteiger partial charge is 0.234 e. The monoisotopic (exact) mass is 314 g/mol. The maximum absolute atomic E-state index is 12.2. The van der Waals surface area contributed by atoms with Crippen LogP contribution in [0.15, 0.2) is 18.2 Å². The van der Waals surface area contributed by atoms with Gasteiger partial charge in [0, 0.05) is 24.2 Å². The summed E-state index contributed by atoms with van der Waals surface area (Å²) in [5, 5.41) is 3.24. The first kappa shape index (κ1) is 15.9. The summed E-state index contributed by atoms with van der Waals surface area (Å²) in [6.45, 7) is 0.882. The third-order valence-electron chi connectivity index (χ3n) is 3.46. The maximum Gasteiger partial charge on any atom is 0.234 e. The van der Waals surface area contributed by atoms with E-state index in [2.05, 4.69) is 10.0 Å². The molecule has 1 aromatic carbocycles. The number of methoxy groups -OCH3 is 2. The van der Waals surface area contributed by atoms with E-state index in [1.54, 1.807) is 18.2 Å². The summed E-state index contributed by atoms with van der Waals surface area (Å²) in [5.74, 6) is 1.16. The van der Waals surface area contributed by atoms with Gasteiger partial charge >= 0.3 is 0 Å². The molecule has 1 heterocycles. The Labute approximate surface area is 125 Å². The lowest BCUT2D eigenvalue weighted by Crippen LogP contribution is -2.40. The van der Waals surface area contributed by atoms with Gasteiger partial charge in [-0.1, -0.05) is 6.42 Å². The van der Waals surface area contributed by atoms with Crippen molar-refractivity contribution >= 4 is 15.7 Å². The number of ether oxygens (including phenoxy) is 2. The second kappa shape index (κ2) is 7.00. The highest BCUT2D eigenvalue weighted by atomic mass is 32.2. The third kappa shape index (κ3) is 4.78. The van der Waals surface area contributed by atoms with Gasteiger partial charge in [0.2, 0.25) is 10.0 Å². The topological polar surface area (TPSA) is 76.7 Å². The zero-order valence-corrected chi connectivity index (χ0v) is 13.2. The van der Waals surface area contributed by atoms with Crippen molar-refractivity contribution in [2.45, 2.75) is 25.3 Å². The third-order valence-corrected chi connectivity index (χ3v) is 4.85. The number of nitrogens with one attached hydrogen (secondary N) is 2. The summed E-state index contributed by atoms with van der Waals surface area (Å²) in [6.07, 6.45) is 3.07. The Balaban J connectivity index is 2.08. The van der Waals surface area contributed by atoms with Crippen LogP contribution in [0.1, 0.15) is 19.3 Å². The molecule has 1 aliphatic heterocycles. The highest BCUT2D eigenvalue weighted by Gasteiger charge is 2.21. The minimum absolute atomic E-state index is 0.0174. The molecule has 1 fully saturated rings. The first-order valence-electron chi connectivity index (χ1n) is 6.99. The summed E-state index contributed by atoms with van der Waals surface area (Å²) in [7, 11) is -0.354. The highest BCUT2D eigenvalue weighted by Crippen LogP contribution is 2.26. The lowest BCUT2D eigenvalue weighted by atomic mass is 10.1. The Kier molecular flexibility index (Phi) is 5.30.